The van der Waals surface area contributed by atoms with Crippen molar-refractivity contribution in [1.29, 1.82) is 0 Å². The summed E-state index contributed by atoms with van der Waals surface area (Å²) in [6, 6.07) is 2.98. The van der Waals surface area contributed by atoms with Crippen molar-refractivity contribution in [2.24, 2.45) is 0 Å². The first-order chi connectivity index (χ1) is 10.1. The number of hydrogen-bond donors (Lipinski definition) is 0. The molecule has 0 spiro atoms. The zero-order valence-electron chi connectivity index (χ0n) is 13.3. The predicted octanol–water partition coefficient (Wildman–Crippen LogP) is 5.87. The van der Waals surface area contributed by atoms with Crippen LogP contribution in [-0.2, 0) is 0 Å². The lowest BCUT2D eigenvalue weighted by atomic mass is 10.0. The molecule has 1 aromatic carbocycles. The molecule has 120 valence electrons. The Kier molecular flexibility index (Phi) is 8.51. The minimum atomic E-state index is -0.335. The fourth-order valence-corrected chi connectivity index (χ4v) is 2.69. The molecule has 0 aliphatic heterocycles. The van der Waals surface area contributed by atoms with E-state index in [1.165, 1.54) is 46.0 Å². The summed E-state index contributed by atoms with van der Waals surface area (Å²) in [7, 11) is 3.03. The molecule has 0 saturated carbocycles. The number of ether oxygens (including phenoxy) is 2. The van der Waals surface area contributed by atoms with Crippen LogP contribution in [0.3, 0.4) is 0 Å². The molecule has 1 atom stereocenters. The van der Waals surface area contributed by atoms with Crippen molar-refractivity contribution in [1.82, 2.24) is 0 Å². The van der Waals surface area contributed by atoms with Gasteiger partial charge in [0.15, 0.2) is 11.5 Å². The largest absolute Gasteiger partial charge is 0.493 e. The second kappa shape index (κ2) is 9.88. The lowest BCUT2D eigenvalue weighted by Gasteiger charge is -2.14. The first-order valence-corrected chi connectivity index (χ1v) is 8.13. The van der Waals surface area contributed by atoms with E-state index < -0.39 is 0 Å². The smallest absolute Gasteiger partial charge is 0.163 e. The summed E-state index contributed by atoms with van der Waals surface area (Å²) >= 11 is 6.34. The van der Waals surface area contributed by atoms with Crippen molar-refractivity contribution in [3.63, 3.8) is 0 Å². The maximum absolute atomic E-state index is 14.1. The van der Waals surface area contributed by atoms with Crippen LogP contribution in [0.4, 0.5) is 4.39 Å². The van der Waals surface area contributed by atoms with Gasteiger partial charge in [-0.15, -0.1) is 11.6 Å². The molecule has 4 heteroatoms. The van der Waals surface area contributed by atoms with Crippen molar-refractivity contribution < 1.29 is 13.9 Å². The van der Waals surface area contributed by atoms with Crippen LogP contribution in [0.15, 0.2) is 12.1 Å². The Morgan fingerprint density at radius 1 is 1.00 bits per heavy atom. The molecule has 1 aromatic rings. The molecule has 0 aromatic heterocycles. The zero-order valence-corrected chi connectivity index (χ0v) is 14.0. The number of hydrogen-bond acceptors (Lipinski definition) is 2. The third-order valence-corrected chi connectivity index (χ3v) is 4.10. The van der Waals surface area contributed by atoms with E-state index in [0.717, 1.165) is 19.3 Å². The van der Waals surface area contributed by atoms with Crippen LogP contribution in [-0.4, -0.2) is 14.2 Å². The standard InChI is InChI=1S/C17H26ClFO2/c1-4-5-6-7-8-9-10-14(18)13-11-16(20-2)17(21-3)12-15(13)19/h11-12,14H,4-10H2,1-3H3. The summed E-state index contributed by atoms with van der Waals surface area (Å²) in [5.74, 6) is 0.573. The maximum Gasteiger partial charge on any atom is 0.163 e. The second-order valence-corrected chi connectivity index (χ2v) is 5.78. The average Bonchev–Trinajstić information content (AvgIpc) is 2.50. The fourth-order valence-electron chi connectivity index (χ4n) is 2.37. The molecule has 21 heavy (non-hydrogen) atoms. The fraction of sp³-hybridized carbons (Fsp3) is 0.647. The number of unbranched alkanes of at least 4 members (excludes halogenated alkanes) is 5. The van der Waals surface area contributed by atoms with Crippen LogP contribution in [0.5, 0.6) is 11.5 Å². The van der Waals surface area contributed by atoms with E-state index in [9.17, 15) is 4.39 Å². The molecular weight excluding hydrogens is 291 g/mol. The number of halogens is 2. The summed E-state index contributed by atoms with van der Waals surface area (Å²) in [6.45, 7) is 2.20. The van der Waals surface area contributed by atoms with E-state index in [1.54, 1.807) is 6.07 Å². The zero-order chi connectivity index (χ0) is 15.7. The number of methoxy groups -OCH3 is 2. The number of benzene rings is 1. The van der Waals surface area contributed by atoms with Gasteiger partial charge >= 0.3 is 0 Å². The third-order valence-electron chi connectivity index (χ3n) is 3.65. The summed E-state index contributed by atoms with van der Waals surface area (Å²) in [5.41, 5.74) is 0.489. The number of rotatable bonds is 10. The highest BCUT2D eigenvalue weighted by atomic mass is 35.5. The summed E-state index contributed by atoms with van der Waals surface area (Å²) in [6.07, 6.45) is 7.98. The van der Waals surface area contributed by atoms with Gasteiger partial charge in [-0.2, -0.15) is 0 Å². The van der Waals surface area contributed by atoms with Gasteiger partial charge in [-0.1, -0.05) is 45.4 Å². The Morgan fingerprint density at radius 2 is 1.57 bits per heavy atom. The van der Waals surface area contributed by atoms with E-state index in [-0.39, 0.29) is 11.2 Å². The predicted molar refractivity (Wildman–Crippen MR) is 86.1 cm³/mol. The molecule has 2 nitrogen and oxygen atoms in total. The normalized spacial score (nSPS) is 12.2. The van der Waals surface area contributed by atoms with Crippen LogP contribution >= 0.6 is 11.6 Å². The molecule has 1 rings (SSSR count). The lowest BCUT2D eigenvalue weighted by Crippen LogP contribution is -1.99. The molecule has 0 saturated heterocycles. The quantitative estimate of drug-likeness (QED) is 0.397. The van der Waals surface area contributed by atoms with Crippen molar-refractivity contribution >= 4 is 11.6 Å². The van der Waals surface area contributed by atoms with Gasteiger partial charge in [-0.25, -0.2) is 4.39 Å². The van der Waals surface area contributed by atoms with E-state index in [1.807, 2.05) is 0 Å². The van der Waals surface area contributed by atoms with Crippen LogP contribution < -0.4 is 9.47 Å². The van der Waals surface area contributed by atoms with Crippen molar-refractivity contribution in [2.75, 3.05) is 14.2 Å². The van der Waals surface area contributed by atoms with Crippen molar-refractivity contribution in [2.45, 2.75) is 57.2 Å². The number of alkyl halides is 1. The van der Waals surface area contributed by atoms with Crippen molar-refractivity contribution in [3.8, 4) is 11.5 Å². The molecule has 0 amide bonds. The van der Waals surface area contributed by atoms with E-state index in [0.29, 0.717) is 17.1 Å². The van der Waals surface area contributed by atoms with E-state index >= 15 is 0 Å². The van der Waals surface area contributed by atoms with E-state index in [2.05, 4.69) is 6.92 Å². The molecular formula is C17H26ClFO2. The SMILES string of the molecule is CCCCCCCCC(Cl)c1cc(OC)c(OC)cc1F. The highest BCUT2D eigenvalue weighted by molar-refractivity contribution is 6.20. The summed E-state index contributed by atoms with van der Waals surface area (Å²) in [5, 5.41) is -0.323. The minimum absolute atomic E-state index is 0.323. The Morgan fingerprint density at radius 3 is 2.19 bits per heavy atom. The molecule has 0 aliphatic rings. The van der Waals surface area contributed by atoms with E-state index in [4.69, 9.17) is 21.1 Å². The monoisotopic (exact) mass is 316 g/mol. The Hall–Kier alpha value is -0.960. The highest BCUT2D eigenvalue weighted by Crippen LogP contribution is 2.36. The molecule has 0 heterocycles. The topological polar surface area (TPSA) is 18.5 Å². The Labute approximate surface area is 132 Å². The summed E-state index contributed by atoms with van der Waals surface area (Å²) < 4.78 is 24.3. The molecule has 0 radical (unpaired) electrons. The highest BCUT2D eigenvalue weighted by Gasteiger charge is 2.17. The molecule has 0 bridgehead atoms. The van der Waals surface area contributed by atoms with Crippen LogP contribution in [0.1, 0.15) is 62.8 Å². The second-order valence-electron chi connectivity index (χ2n) is 5.25. The van der Waals surface area contributed by atoms with Gasteiger partial charge in [-0.3, -0.25) is 0 Å². The maximum atomic E-state index is 14.1. The summed E-state index contributed by atoms with van der Waals surface area (Å²) in [4.78, 5) is 0. The van der Waals surface area contributed by atoms with Gasteiger partial charge in [-0.05, 0) is 12.5 Å². The first-order valence-electron chi connectivity index (χ1n) is 7.69. The average molecular weight is 317 g/mol. The van der Waals surface area contributed by atoms with Gasteiger partial charge in [0.05, 0.1) is 19.6 Å². The molecule has 0 N–H and O–H groups in total. The lowest BCUT2D eigenvalue weighted by molar-refractivity contribution is 0.351. The van der Waals surface area contributed by atoms with Crippen molar-refractivity contribution in [3.05, 3.63) is 23.5 Å². The van der Waals surface area contributed by atoms with Crippen LogP contribution in [0.25, 0.3) is 0 Å². The first kappa shape index (κ1) is 18.1. The Balaban J connectivity index is 2.55. The Bertz CT molecular complexity index is 423. The van der Waals surface area contributed by atoms with Crippen LogP contribution in [0.2, 0.25) is 0 Å². The van der Waals surface area contributed by atoms with Crippen LogP contribution in [0, 0.1) is 5.82 Å². The van der Waals surface area contributed by atoms with Gasteiger partial charge in [0.1, 0.15) is 5.82 Å². The van der Waals surface area contributed by atoms with Gasteiger partial charge in [0.2, 0.25) is 0 Å². The molecule has 1 unspecified atom stereocenters. The third kappa shape index (κ3) is 5.74. The van der Waals surface area contributed by atoms with Gasteiger partial charge in [0, 0.05) is 11.6 Å². The molecule has 0 fully saturated rings. The molecule has 0 aliphatic carbocycles. The van der Waals surface area contributed by atoms with Gasteiger partial charge in [0.25, 0.3) is 0 Å². The van der Waals surface area contributed by atoms with Gasteiger partial charge < -0.3 is 9.47 Å². The minimum Gasteiger partial charge on any atom is -0.493 e.